The Kier molecular flexibility index (Phi) is 4.99. The predicted octanol–water partition coefficient (Wildman–Crippen LogP) is 3.28. The third-order valence-corrected chi connectivity index (χ3v) is 3.43. The van der Waals surface area contributed by atoms with Crippen LogP contribution in [0.1, 0.15) is 41.3 Å². The van der Waals surface area contributed by atoms with Gasteiger partial charge in [-0.25, -0.2) is 0 Å². The summed E-state index contributed by atoms with van der Waals surface area (Å²) in [5, 5.41) is 11.6. The van der Waals surface area contributed by atoms with E-state index >= 15 is 0 Å². The summed E-state index contributed by atoms with van der Waals surface area (Å²) in [6, 6.07) is 8.60. The number of carbonyl (C=O) groups excluding carboxylic acids is 1. The number of hydrogen-bond acceptors (Lipinski definition) is 3. The highest BCUT2D eigenvalue weighted by atomic mass is 16.4. The maximum atomic E-state index is 12.3. The van der Waals surface area contributed by atoms with Gasteiger partial charge in [0.05, 0.1) is 6.42 Å². The van der Waals surface area contributed by atoms with Crippen LogP contribution in [0.3, 0.4) is 0 Å². The molecule has 1 aromatic carbocycles. The molecule has 116 valence electrons. The molecular formula is C17H19NO4. The van der Waals surface area contributed by atoms with Crippen LogP contribution in [0, 0.1) is 0 Å². The summed E-state index contributed by atoms with van der Waals surface area (Å²) in [6.45, 7) is 3.98. The van der Waals surface area contributed by atoms with Gasteiger partial charge in [0.1, 0.15) is 5.76 Å². The second-order valence-electron chi connectivity index (χ2n) is 4.95. The minimum absolute atomic E-state index is 0.144. The number of carboxylic acids is 1. The number of rotatable bonds is 6. The molecular weight excluding hydrogens is 282 g/mol. The molecule has 0 atom stereocenters. The number of carbonyl (C=O) groups is 2. The highest BCUT2D eigenvalue weighted by molar-refractivity contribution is 6.03. The van der Waals surface area contributed by atoms with Crippen LogP contribution in [0.4, 0.5) is 5.69 Å². The Labute approximate surface area is 129 Å². The lowest BCUT2D eigenvalue weighted by Crippen LogP contribution is -2.13. The molecule has 1 amide bonds. The number of hydrogen-bond donors (Lipinski definition) is 2. The molecule has 2 rings (SSSR count). The van der Waals surface area contributed by atoms with Gasteiger partial charge in [-0.1, -0.05) is 32.0 Å². The fourth-order valence-electron chi connectivity index (χ4n) is 2.32. The van der Waals surface area contributed by atoms with Gasteiger partial charge in [-0.2, -0.15) is 0 Å². The summed E-state index contributed by atoms with van der Waals surface area (Å²) >= 11 is 0. The van der Waals surface area contributed by atoms with Gasteiger partial charge in [0, 0.05) is 12.1 Å². The second-order valence-corrected chi connectivity index (χ2v) is 4.95. The first-order chi connectivity index (χ1) is 10.5. The van der Waals surface area contributed by atoms with Crippen LogP contribution < -0.4 is 5.32 Å². The van der Waals surface area contributed by atoms with Crippen LogP contribution in [0.15, 0.2) is 34.7 Å². The topological polar surface area (TPSA) is 79.5 Å². The van der Waals surface area contributed by atoms with Gasteiger partial charge in [0.15, 0.2) is 5.76 Å². The molecule has 0 aliphatic rings. The number of para-hydroxylation sites is 1. The molecule has 0 saturated heterocycles. The first kappa shape index (κ1) is 15.8. The Hall–Kier alpha value is -2.56. The van der Waals surface area contributed by atoms with E-state index in [2.05, 4.69) is 5.32 Å². The van der Waals surface area contributed by atoms with Gasteiger partial charge in [-0.3, -0.25) is 9.59 Å². The number of amides is 1. The normalized spacial score (nSPS) is 10.5. The van der Waals surface area contributed by atoms with E-state index in [-0.39, 0.29) is 18.1 Å². The highest BCUT2D eigenvalue weighted by Gasteiger charge is 2.16. The molecule has 5 nitrogen and oxygen atoms in total. The van der Waals surface area contributed by atoms with Crippen molar-refractivity contribution >= 4 is 17.6 Å². The fourth-order valence-corrected chi connectivity index (χ4v) is 2.32. The molecule has 1 aromatic heterocycles. The zero-order valence-corrected chi connectivity index (χ0v) is 12.7. The van der Waals surface area contributed by atoms with E-state index in [0.29, 0.717) is 11.3 Å². The van der Waals surface area contributed by atoms with E-state index in [1.807, 2.05) is 13.8 Å². The van der Waals surface area contributed by atoms with E-state index in [0.717, 1.165) is 24.2 Å². The lowest BCUT2D eigenvalue weighted by molar-refractivity contribution is -0.136. The molecule has 0 radical (unpaired) electrons. The molecule has 0 saturated carbocycles. The third kappa shape index (κ3) is 3.55. The predicted molar refractivity (Wildman–Crippen MR) is 83.2 cm³/mol. The zero-order chi connectivity index (χ0) is 16.1. The molecule has 0 fully saturated rings. The van der Waals surface area contributed by atoms with Crippen molar-refractivity contribution in [3.8, 4) is 0 Å². The smallest absolute Gasteiger partial charge is 0.307 e. The maximum absolute atomic E-state index is 12.3. The highest BCUT2D eigenvalue weighted by Crippen LogP contribution is 2.20. The Morgan fingerprint density at radius 2 is 1.86 bits per heavy atom. The lowest BCUT2D eigenvalue weighted by Gasteiger charge is -2.08. The molecule has 0 bridgehead atoms. The van der Waals surface area contributed by atoms with E-state index in [1.165, 1.54) is 0 Å². The molecule has 0 aliphatic heterocycles. The monoisotopic (exact) mass is 301 g/mol. The Morgan fingerprint density at radius 1 is 1.14 bits per heavy atom. The van der Waals surface area contributed by atoms with Crippen molar-refractivity contribution in [2.45, 2.75) is 33.1 Å². The summed E-state index contributed by atoms with van der Waals surface area (Å²) in [7, 11) is 0. The summed E-state index contributed by atoms with van der Waals surface area (Å²) in [5.41, 5.74) is 2.07. The number of anilines is 1. The van der Waals surface area contributed by atoms with Crippen molar-refractivity contribution in [1.82, 2.24) is 0 Å². The lowest BCUT2D eigenvalue weighted by atomic mass is 10.1. The van der Waals surface area contributed by atoms with Crippen LogP contribution >= 0.6 is 0 Å². The van der Waals surface area contributed by atoms with E-state index in [4.69, 9.17) is 9.52 Å². The minimum atomic E-state index is -0.943. The zero-order valence-electron chi connectivity index (χ0n) is 12.7. The first-order valence-electron chi connectivity index (χ1n) is 7.27. The van der Waals surface area contributed by atoms with Crippen molar-refractivity contribution in [2.24, 2.45) is 0 Å². The molecule has 22 heavy (non-hydrogen) atoms. The number of nitrogens with one attached hydrogen (secondary N) is 1. The quantitative estimate of drug-likeness (QED) is 0.858. The summed E-state index contributed by atoms with van der Waals surface area (Å²) in [5.74, 6) is -0.251. The van der Waals surface area contributed by atoms with Gasteiger partial charge >= 0.3 is 5.97 Å². The molecule has 0 unspecified atom stereocenters. The standard InChI is InChI=1S/C17H19NO4/c1-3-11-9-15(22-14(11)4-2)17(21)18-13-8-6-5-7-12(13)10-16(19)20/h5-9H,3-4,10H2,1-2H3,(H,18,21)(H,19,20). The van der Waals surface area contributed by atoms with Gasteiger partial charge in [-0.15, -0.1) is 0 Å². The second kappa shape index (κ2) is 6.93. The third-order valence-electron chi connectivity index (χ3n) is 3.43. The van der Waals surface area contributed by atoms with Crippen molar-refractivity contribution in [3.63, 3.8) is 0 Å². The Balaban J connectivity index is 2.22. The van der Waals surface area contributed by atoms with E-state index in [1.54, 1.807) is 30.3 Å². The van der Waals surface area contributed by atoms with Crippen molar-refractivity contribution in [1.29, 1.82) is 0 Å². The Bertz CT molecular complexity index is 666. The van der Waals surface area contributed by atoms with Crippen molar-refractivity contribution < 1.29 is 19.1 Å². The average Bonchev–Trinajstić information content (AvgIpc) is 2.92. The molecule has 2 N–H and O–H groups in total. The van der Waals surface area contributed by atoms with Crippen LogP contribution in [-0.4, -0.2) is 17.0 Å². The molecule has 5 heteroatoms. The van der Waals surface area contributed by atoms with Crippen molar-refractivity contribution in [2.75, 3.05) is 5.32 Å². The first-order valence-corrected chi connectivity index (χ1v) is 7.27. The SMILES string of the molecule is CCc1cc(C(=O)Nc2ccccc2CC(=O)O)oc1CC. The van der Waals surface area contributed by atoms with Gasteiger partial charge in [-0.05, 0) is 29.7 Å². The largest absolute Gasteiger partial charge is 0.481 e. The maximum Gasteiger partial charge on any atom is 0.307 e. The van der Waals surface area contributed by atoms with Crippen molar-refractivity contribution in [3.05, 3.63) is 53.0 Å². The number of benzene rings is 1. The van der Waals surface area contributed by atoms with E-state index < -0.39 is 5.97 Å². The number of furan rings is 1. The molecule has 2 aromatic rings. The van der Waals surface area contributed by atoms with Crippen LogP contribution in [0.5, 0.6) is 0 Å². The average molecular weight is 301 g/mol. The molecule has 1 heterocycles. The van der Waals surface area contributed by atoms with Crippen LogP contribution in [0.2, 0.25) is 0 Å². The minimum Gasteiger partial charge on any atom is -0.481 e. The van der Waals surface area contributed by atoms with Gasteiger partial charge in [0.2, 0.25) is 0 Å². The fraction of sp³-hybridized carbons (Fsp3) is 0.294. The van der Waals surface area contributed by atoms with Crippen LogP contribution in [-0.2, 0) is 24.1 Å². The number of aryl methyl sites for hydroxylation is 2. The Morgan fingerprint density at radius 3 is 2.45 bits per heavy atom. The number of aliphatic carboxylic acids is 1. The van der Waals surface area contributed by atoms with Gasteiger partial charge in [0.25, 0.3) is 5.91 Å². The molecule has 0 spiro atoms. The van der Waals surface area contributed by atoms with E-state index in [9.17, 15) is 9.59 Å². The summed E-state index contributed by atoms with van der Waals surface area (Å²) < 4.78 is 5.58. The summed E-state index contributed by atoms with van der Waals surface area (Å²) in [6.07, 6.45) is 1.39. The van der Waals surface area contributed by atoms with Gasteiger partial charge < -0.3 is 14.8 Å². The van der Waals surface area contributed by atoms with Crippen LogP contribution in [0.25, 0.3) is 0 Å². The number of carboxylic acid groups (broad SMARTS) is 1. The molecule has 0 aliphatic carbocycles. The summed E-state index contributed by atoms with van der Waals surface area (Å²) in [4.78, 5) is 23.2.